The Bertz CT molecular complexity index is 1350. The van der Waals surface area contributed by atoms with Crippen LogP contribution in [0.3, 0.4) is 0 Å². The lowest BCUT2D eigenvalue weighted by molar-refractivity contribution is -0.153. The van der Waals surface area contributed by atoms with Crippen molar-refractivity contribution in [2.45, 2.75) is 63.3 Å². The zero-order chi connectivity index (χ0) is 28.5. The van der Waals surface area contributed by atoms with Crippen molar-refractivity contribution >= 4 is 23.2 Å². The van der Waals surface area contributed by atoms with Gasteiger partial charge in [-0.2, -0.15) is 0 Å². The summed E-state index contributed by atoms with van der Waals surface area (Å²) in [5.74, 6) is -8.08. The van der Waals surface area contributed by atoms with Gasteiger partial charge in [0.1, 0.15) is 28.7 Å². The first-order valence-electron chi connectivity index (χ1n) is 13.3. The molecule has 0 heterocycles. The smallest absolute Gasteiger partial charge is 0.255 e. The number of likely N-dealkylation sites (N-methyl/N-ethyl adjacent to an activating group) is 1. The van der Waals surface area contributed by atoms with Gasteiger partial charge in [0.15, 0.2) is 11.4 Å². The molecule has 210 valence electrons. The van der Waals surface area contributed by atoms with Gasteiger partial charge in [0.05, 0.1) is 11.6 Å². The number of aliphatic hydroxyl groups excluding tert-OH is 2. The summed E-state index contributed by atoms with van der Waals surface area (Å²) in [4.78, 5) is 42.6. The molecule has 4 aliphatic rings. The number of carbonyl (C=O) groups excluding carboxylic acids is 3. The first-order valence-corrected chi connectivity index (χ1v) is 13.3. The molecule has 2 saturated carbocycles. The van der Waals surface area contributed by atoms with Crippen molar-refractivity contribution < 1.29 is 39.2 Å². The molecule has 39 heavy (non-hydrogen) atoms. The van der Waals surface area contributed by atoms with E-state index in [1.807, 2.05) is 6.92 Å². The van der Waals surface area contributed by atoms with Gasteiger partial charge in [0.25, 0.3) is 5.91 Å². The predicted molar refractivity (Wildman–Crippen MR) is 138 cm³/mol. The Hall–Kier alpha value is -3.28. The summed E-state index contributed by atoms with van der Waals surface area (Å²) in [6.07, 6.45) is 2.80. The third-order valence-corrected chi connectivity index (χ3v) is 8.68. The number of nitrogens with zero attached hydrogens (tertiary/aromatic N) is 2. The van der Waals surface area contributed by atoms with Crippen LogP contribution in [0.15, 0.2) is 23.0 Å². The van der Waals surface area contributed by atoms with Crippen LogP contribution in [0.1, 0.15) is 49.3 Å². The molecule has 2 fully saturated rings. The number of amides is 1. The maximum atomic E-state index is 16.0. The van der Waals surface area contributed by atoms with Gasteiger partial charge in [-0.3, -0.25) is 24.2 Å². The van der Waals surface area contributed by atoms with Gasteiger partial charge in [-0.05, 0) is 64.7 Å². The number of hydrogen-bond acceptors (Lipinski definition) is 9. The van der Waals surface area contributed by atoms with Crippen molar-refractivity contribution in [3.8, 4) is 5.75 Å². The Balaban J connectivity index is 1.63. The maximum absolute atomic E-state index is 16.0. The largest absolute Gasteiger partial charge is 0.508 e. The van der Waals surface area contributed by atoms with Crippen molar-refractivity contribution in [3.05, 3.63) is 45.5 Å². The average Bonchev–Trinajstić information content (AvgIpc) is 3.69. The van der Waals surface area contributed by atoms with Crippen LogP contribution in [0.25, 0.3) is 5.76 Å². The summed E-state index contributed by atoms with van der Waals surface area (Å²) >= 11 is 0. The van der Waals surface area contributed by atoms with E-state index < -0.39 is 69.6 Å². The lowest BCUT2D eigenvalue weighted by Gasteiger charge is -2.50. The Labute approximate surface area is 225 Å². The number of nitrogens with two attached hydrogens (primary N) is 1. The van der Waals surface area contributed by atoms with Crippen molar-refractivity contribution in [2.75, 3.05) is 20.6 Å². The molecule has 11 heteroatoms. The number of Topliss-reactive ketones (excluding diaryl/α,β-unsaturated/α-hetero) is 2. The van der Waals surface area contributed by atoms with Gasteiger partial charge < -0.3 is 26.2 Å². The third kappa shape index (κ3) is 3.97. The lowest BCUT2D eigenvalue weighted by atomic mass is 9.57. The fourth-order valence-electron chi connectivity index (χ4n) is 6.80. The van der Waals surface area contributed by atoms with E-state index in [1.165, 1.54) is 25.1 Å². The summed E-state index contributed by atoms with van der Waals surface area (Å²) in [6.45, 7) is 3.11. The van der Waals surface area contributed by atoms with Gasteiger partial charge in [-0.25, -0.2) is 4.39 Å². The fourth-order valence-corrected chi connectivity index (χ4v) is 6.80. The highest BCUT2D eigenvalue weighted by Crippen LogP contribution is 2.53. The van der Waals surface area contributed by atoms with Crippen molar-refractivity contribution in [2.24, 2.45) is 17.6 Å². The summed E-state index contributed by atoms with van der Waals surface area (Å²) < 4.78 is 16.0. The molecular weight excluding hydrogens is 509 g/mol. The number of benzene rings is 1. The Morgan fingerprint density at radius 3 is 2.44 bits per heavy atom. The maximum Gasteiger partial charge on any atom is 0.255 e. The van der Waals surface area contributed by atoms with E-state index in [2.05, 4.69) is 4.90 Å². The number of ketones is 2. The van der Waals surface area contributed by atoms with Gasteiger partial charge in [-0.15, -0.1) is 0 Å². The molecule has 0 aliphatic heterocycles. The molecule has 0 aromatic heterocycles. The molecule has 4 atom stereocenters. The van der Waals surface area contributed by atoms with E-state index in [0.29, 0.717) is 12.6 Å². The van der Waals surface area contributed by atoms with Gasteiger partial charge >= 0.3 is 0 Å². The van der Waals surface area contributed by atoms with Crippen LogP contribution in [0, 0.1) is 17.7 Å². The van der Waals surface area contributed by atoms with Crippen molar-refractivity contribution in [1.29, 1.82) is 0 Å². The topological polar surface area (TPSA) is 165 Å². The number of aliphatic hydroxyl groups is 3. The number of fused-ring (bicyclic) bond motifs is 3. The van der Waals surface area contributed by atoms with Gasteiger partial charge in [0, 0.05) is 35.2 Å². The second kappa shape index (κ2) is 9.42. The fraction of sp³-hybridized carbons (Fsp3) is 0.536. The highest BCUT2D eigenvalue weighted by Gasteiger charge is 2.64. The van der Waals surface area contributed by atoms with E-state index in [0.717, 1.165) is 25.8 Å². The zero-order valence-corrected chi connectivity index (χ0v) is 22.2. The summed E-state index contributed by atoms with van der Waals surface area (Å²) in [6, 6.07) is 0.437. The number of aromatic hydroxyl groups is 1. The number of carbonyl (C=O) groups is 3. The van der Waals surface area contributed by atoms with Crippen LogP contribution in [0.4, 0.5) is 4.39 Å². The first kappa shape index (κ1) is 27.3. The second-order valence-electron chi connectivity index (χ2n) is 11.4. The second-order valence-corrected chi connectivity index (χ2v) is 11.4. The quantitative estimate of drug-likeness (QED) is 0.320. The third-order valence-electron chi connectivity index (χ3n) is 8.68. The molecule has 4 aliphatic carbocycles. The normalized spacial score (nSPS) is 28.6. The van der Waals surface area contributed by atoms with Crippen LogP contribution in [-0.2, 0) is 27.3 Å². The van der Waals surface area contributed by atoms with Crippen molar-refractivity contribution in [1.82, 2.24) is 9.80 Å². The summed E-state index contributed by atoms with van der Waals surface area (Å²) in [5.41, 5.74) is 1.55. The molecule has 0 bridgehead atoms. The number of phenolic OH excluding ortho intramolecular Hbond substituents is 1. The van der Waals surface area contributed by atoms with Crippen LogP contribution < -0.4 is 5.73 Å². The van der Waals surface area contributed by atoms with Crippen molar-refractivity contribution in [3.63, 3.8) is 0 Å². The minimum Gasteiger partial charge on any atom is -0.508 e. The highest BCUT2D eigenvalue weighted by atomic mass is 19.1. The number of primary amides is 1. The SMILES string of the molecule is CCCN(Cc1cc(O)c2c(c1F)C[C@H]1C[C@H]3[C@H](N(C)C)C(=O)C(C(N)=O)=C(O)[C@@]3(O)C(=O)C1=C2O)C1CC1. The zero-order valence-electron chi connectivity index (χ0n) is 22.2. The minimum atomic E-state index is -2.72. The average molecular weight is 544 g/mol. The lowest BCUT2D eigenvalue weighted by Crippen LogP contribution is -2.65. The van der Waals surface area contributed by atoms with Gasteiger partial charge in [0.2, 0.25) is 5.78 Å². The predicted octanol–water partition coefficient (Wildman–Crippen LogP) is 1.48. The molecule has 1 aromatic rings. The molecule has 10 nitrogen and oxygen atoms in total. The van der Waals surface area contributed by atoms with E-state index in [1.54, 1.807) is 0 Å². The van der Waals surface area contributed by atoms with E-state index in [-0.39, 0.29) is 35.1 Å². The molecule has 1 aromatic carbocycles. The highest BCUT2D eigenvalue weighted by molar-refractivity contribution is 6.24. The standard InChI is InChI=1S/C28H34FN3O7/c1-4-7-32(14-5-6-14)11-13-10-17(33)19-15(21(13)29)8-12-9-16-22(31(2)3)24(35)20(27(30)38)26(37)28(16,39)25(36)18(12)23(19)34/h10,12,14,16,22,33-34,37,39H,4-9,11H2,1-3H3,(H2,30,38)/t12-,16-,22-,28-/m0/s1. The van der Waals surface area contributed by atoms with E-state index >= 15 is 4.39 Å². The molecule has 6 N–H and O–H groups in total. The molecule has 0 radical (unpaired) electrons. The number of phenols is 1. The molecule has 0 saturated heterocycles. The van der Waals surface area contributed by atoms with Crippen LogP contribution in [0.2, 0.25) is 0 Å². The molecule has 0 unspecified atom stereocenters. The van der Waals surface area contributed by atoms with E-state index in [9.17, 15) is 34.8 Å². The van der Waals surface area contributed by atoms with Crippen LogP contribution in [0.5, 0.6) is 5.75 Å². The van der Waals surface area contributed by atoms with E-state index in [4.69, 9.17) is 5.73 Å². The van der Waals surface area contributed by atoms with Crippen LogP contribution in [-0.4, -0.2) is 86.0 Å². The molecular formula is C28H34FN3O7. The summed E-state index contributed by atoms with van der Waals surface area (Å²) in [5, 5.41) is 44.6. The summed E-state index contributed by atoms with van der Waals surface area (Å²) in [7, 11) is 3.05. The Morgan fingerprint density at radius 2 is 1.87 bits per heavy atom. The Kier molecular flexibility index (Phi) is 6.60. The Morgan fingerprint density at radius 1 is 1.21 bits per heavy atom. The molecule has 5 rings (SSSR count). The number of hydrogen-bond donors (Lipinski definition) is 5. The first-order chi connectivity index (χ1) is 18.3. The van der Waals surface area contributed by atoms with Gasteiger partial charge in [-0.1, -0.05) is 6.92 Å². The molecule has 0 spiro atoms. The minimum absolute atomic E-state index is 0.0582. The number of rotatable bonds is 7. The molecule has 1 amide bonds. The van der Waals surface area contributed by atoms with Crippen LogP contribution >= 0.6 is 0 Å². The monoisotopic (exact) mass is 543 g/mol. The number of halogens is 1.